The second-order valence-electron chi connectivity index (χ2n) is 7.40. The Morgan fingerprint density at radius 3 is 2.46 bits per heavy atom. The standard InChI is InChI=1S/C25H17N3O7/c1-33-24(29)15-8-6-14(7-9-15)22-18-11-10-16(12-21(18)35-23(27)19(22)13-26)34-25(30)17-4-2-3-5-20(17)28(31)32/h2-12,22H,27H2,1H3. The van der Waals surface area contributed by atoms with Crippen molar-refractivity contribution in [2.45, 2.75) is 5.92 Å². The average Bonchev–Trinajstić information content (AvgIpc) is 2.87. The van der Waals surface area contributed by atoms with Gasteiger partial charge in [0.1, 0.15) is 28.7 Å². The summed E-state index contributed by atoms with van der Waals surface area (Å²) in [5, 5.41) is 20.9. The fraction of sp³-hybridized carbons (Fsp3) is 0.0800. The number of nitriles is 1. The number of nitrogens with two attached hydrogens (primary N) is 1. The number of carbonyl (C=O) groups excluding carboxylic acids is 2. The van der Waals surface area contributed by atoms with E-state index in [2.05, 4.69) is 6.07 Å². The summed E-state index contributed by atoms with van der Waals surface area (Å²) < 4.78 is 15.7. The molecule has 10 heteroatoms. The summed E-state index contributed by atoms with van der Waals surface area (Å²) in [6.07, 6.45) is 0. The van der Waals surface area contributed by atoms with Crippen LogP contribution in [-0.2, 0) is 4.74 Å². The van der Waals surface area contributed by atoms with E-state index in [-0.39, 0.29) is 34.2 Å². The van der Waals surface area contributed by atoms with E-state index < -0.39 is 22.8 Å². The van der Waals surface area contributed by atoms with Gasteiger partial charge < -0.3 is 19.9 Å². The van der Waals surface area contributed by atoms with Gasteiger partial charge in [-0.05, 0) is 29.8 Å². The third kappa shape index (κ3) is 4.38. The lowest BCUT2D eigenvalue weighted by atomic mass is 9.83. The Labute approximate surface area is 198 Å². The van der Waals surface area contributed by atoms with Crippen molar-refractivity contribution >= 4 is 17.6 Å². The highest BCUT2D eigenvalue weighted by Gasteiger charge is 2.31. The van der Waals surface area contributed by atoms with Crippen LogP contribution in [0.4, 0.5) is 5.69 Å². The molecule has 0 saturated carbocycles. The zero-order valence-electron chi connectivity index (χ0n) is 18.3. The maximum absolute atomic E-state index is 12.6. The molecule has 174 valence electrons. The number of carbonyl (C=O) groups is 2. The predicted molar refractivity (Wildman–Crippen MR) is 122 cm³/mol. The summed E-state index contributed by atoms with van der Waals surface area (Å²) in [7, 11) is 1.28. The number of nitro benzene ring substituents is 1. The van der Waals surface area contributed by atoms with Crippen LogP contribution in [0.15, 0.2) is 78.2 Å². The first kappa shape index (κ1) is 23.0. The molecule has 2 N–H and O–H groups in total. The van der Waals surface area contributed by atoms with Crippen LogP contribution in [0.3, 0.4) is 0 Å². The number of rotatable bonds is 5. The molecule has 0 radical (unpaired) electrons. The van der Waals surface area contributed by atoms with Crippen molar-refractivity contribution in [3.8, 4) is 17.6 Å². The third-order valence-corrected chi connectivity index (χ3v) is 5.39. The summed E-state index contributed by atoms with van der Waals surface area (Å²) in [6.45, 7) is 0. The van der Waals surface area contributed by atoms with Crippen LogP contribution in [0.5, 0.6) is 11.5 Å². The largest absolute Gasteiger partial charge is 0.465 e. The molecule has 1 aliphatic rings. The molecule has 4 rings (SSSR count). The van der Waals surface area contributed by atoms with Gasteiger partial charge in [0.15, 0.2) is 0 Å². The molecule has 0 spiro atoms. The molecule has 0 amide bonds. The van der Waals surface area contributed by atoms with Crippen molar-refractivity contribution in [1.29, 1.82) is 5.26 Å². The number of fused-ring (bicyclic) bond motifs is 1. The summed E-state index contributed by atoms with van der Waals surface area (Å²) >= 11 is 0. The van der Waals surface area contributed by atoms with Crippen molar-refractivity contribution in [1.82, 2.24) is 0 Å². The van der Waals surface area contributed by atoms with Crippen LogP contribution in [0.2, 0.25) is 0 Å². The fourth-order valence-electron chi connectivity index (χ4n) is 3.74. The maximum atomic E-state index is 12.6. The predicted octanol–water partition coefficient (Wildman–Crippen LogP) is 3.82. The van der Waals surface area contributed by atoms with Gasteiger partial charge in [0.05, 0.1) is 23.5 Å². The van der Waals surface area contributed by atoms with E-state index in [0.717, 1.165) is 0 Å². The van der Waals surface area contributed by atoms with E-state index in [1.54, 1.807) is 30.3 Å². The van der Waals surface area contributed by atoms with Gasteiger partial charge in [0, 0.05) is 17.7 Å². The Morgan fingerprint density at radius 2 is 1.80 bits per heavy atom. The Morgan fingerprint density at radius 1 is 1.09 bits per heavy atom. The second-order valence-corrected chi connectivity index (χ2v) is 7.40. The zero-order valence-corrected chi connectivity index (χ0v) is 18.3. The summed E-state index contributed by atoms with van der Waals surface area (Å²) in [4.78, 5) is 34.9. The molecule has 35 heavy (non-hydrogen) atoms. The van der Waals surface area contributed by atoms with Crippen LogP contribution >= 0.6 is 0 Å². The Bertz CT molecular complexity index is 1420. The molecule has 1 unspecified atom stereocenters. The van der Waals surface area contributed by atoms with Crippen LogP contribution in [0, 0.1) is 21.4 Å². The minimum Gasteiger partial charge on any atom is -0.465 e. The molecule has 10 nitrogen and oxygen atoms in total. The highest BCUT2D eigenvalue weighted by molar-refractivity contribution is 5.95. The smallest absolute Gasteiger partial charge is 0.350 e. The number of benzene rings is 3. The molecule has 3 aromatic rings. The number of hydrogen-bond acceptors (Lipinski definition) is 9. The normalized spacial score (nSPS) is 14.2. The van der Waals surface area contributed by atoms with Crippen molar-refractivity contribution in [2.75, 3.05) is 7.11 Å². The highest BCUT2D eigenvalue weighted by Crippen LogP contribution is 2.43. The number of nitro groups is 1. The Balaban J connectivity index is 1.68. The summed E-state index contributed by atoms with van der Waals surface area (Å²) in [5.41, 5.74) is 7.19. The first-order valence-corrected chi connectivity index (χ1v) is 10.2. The summed E-state index contributed by atoms with van der Waals surface area (Å²) in [6, 6.07) is 18.5. The second kappa shape index (κ2) is 9.36. The first-order valence-electron chi connectivity index (χ1n) is 10.2. The number of methoxy groups -OCH3 is 1. The first-order chi connectivity index (χ1) is 16.8. The quantitative estimate of drug-likeness (QED) is 0.253. The zero-order chi connectivity index (χ0) is 25.1. The van der Waals surface area contributed by atoms with Gasteiger partial charge in [-0.1, -0.05) is 30.3 Å². The van der Waals surface area contributed by atoms with Crippen LogP contribution < -0.4 is 15.2 Å². The van der Waals surface area contributed by atoms with Gasteiger partial charge in [-0.15, -0.1) is 0 Å². The number of nitrogens with zero attached hydrogens (tertiary/aromatic N) is 2. The molecule has 0 saturated heterocycles. The van der Waals surface area contributed by atoms with Crippen LogP contribution in [-0.4, -0.2) is 24.0 Å². The lowest BCUT2D eigenvalue weighted by molar-refractivity contribution is -0.385. The number of ether oxygens (including phenoxy) is 3. The van der Waals surface area contributed by atoms with E-state index in [4.69, 9.17) is 19.9 Å². The van der Waals surface area contributed by atoms with Crippen LogP contribution in [0.25, 0.3) is 0 Å². The van der Waals surface area contributed by atoms with E-state index in [1.165, 1.54) is 43.5 Å². The van der Waals surface area contributed by atoms with Crippen molar-refractivity contribution in [2.24, 2.45) is 5.73 Å². The van der Waals surface area contributed by atoms with Gasteiger partial charge in [0.2, 0.25) is 5.88 Å². The van der Waals surface area contributed by atoms with E-state index in [0.29, 0.717) is 16.7 Å². The van der Waals surface area contributed by atoms with E-state index >= 15 is 0 Å². The molecular weight excluding hydrogens is 454 g/mol. The SMILES string of the molecule is COC(=O)c1ccc(C2C(C#N)=C(N)Oc3cc(OC(=O)c4ccccc4[N+](=O)[O-])ccc32)cc1. The Hall–Kier alpha value is -5.17. The van der Waals surface area contributed by atoms with Gasteiger partial charge in [0.25, 0.3) is 5.69 Å². The number of esters is 2. The molecule has 0 fully saturated rings. The van der Waals surface area contributed by atoms with E-state index in [9.17, 15) is 25.0 Å². The molecule has 0 bridgehead atoms. The maximum Gasteiger partial charge on any atom is 0.350 e. The molecule has 3 aromatic carbocycles. The number of para-hydroxylation sites is 1. The average molecular weight is 471 g/mol. The minimum atomic E-state index is -0.913. The van der Waals surface area contributed by atoms with Crippen molar-refractivity contribution < 1.29 is 28.7 Å². The van der Waals surface area contributed by atoms with Gasteiger partial charge in [-0.2, -0.15) is 5.26 Å². The lowest BCUT2D eigenvalue weighted by Crippen LogP contribution is -2.21. The summed E-state index contributed by atoms with van der Waals surface area (Å²) in [5.74, 6) is -1.82. The minimum absolute atomic E-state index is 0.0693. The molecule has 1 atom stereocenters. The molecular formula is C25H17N3O7. The van der Waals surface area contributed by atoms with Gasteiger partial charge in [-0.25, -0.2) is 9.59 Å². The number of hydrogen-bond donors (Lipinski definition) is 1. The van der Waals surface area contributed by atoms with Crippen molar-refractivity contribution in [3.05, 3.63) is 111 Å². The molecule has 1 aliphatic heterocycles. The number of allylic oxidation sites excluding steroid dienone is 1. The van der Waals surface area contributed by atoms with E-state index in [1.807, 2.05) is 0 Å². The highest BCUT2D eigenvalue weighted by atomic mass is 16.6. The molecule has 1 heterocycles. The molecule has 0 aliphatic carbocycles. The van der Waals surface area contributed by atoms with Crippen LogP contribution in [0.1, 0.15) is 37.8 Å². The molecule has 0 aromatic heterocycles. The third-order valence-electron chi connectivity index (χ3n) is 5.39. The van der Waals surface area contributed by atoms with Gasteiger partial charge in [-0.3, -0.25) is 10.1 Å². The fourth-order valence-corrected chi connectivity index (χ4v) is 3.74. The lowest BCUT2D eigenvalue weighted by Gasteiger charge is -2.26. The monoisotopic (exact) mass is 471 g/mol. The van der Waals surface area contributed by atoms with Gasteiger partial charge >= 0.3 is 11.9 Å². The van der Waals surface area contributed by atoms with Crippen molar-refractivity contribution in [3.63, 3.8) is 0 Å². The topological polar surface area (TPSA) is 155 Å². The Kier molecular flexibility index (Phi) is 6.16.